The fraction of sp³-hybridized carbons (Fsp3) is 0.124. The first-order valence-corrected chi connectivity index (χ1v) is 32.0. The van der Waals surface area contributed by atoms with Gasteiger partial charge < -0.3 is 9.80 Å². The summed E-state index contributed by atoms with van der Waals surface area (Å²) in [5.74, 6) is 0.709. The molecule has 0 saturated heterocycles. The average Bonchev–Trinajstić information content (AvgIpc) is 1.11. The highest BCUT2D eigenvalue weighted by Crippen LogP contribution is 2.38. The summed E-state index contributed by atoms with van der Waals surface area (Å²) in [5.41, 5.74) is 26.7. The minimum absolute atomic E-state index is 0.709. The fourth-order valence-corrected chi connectivity index (χ4v) is 10.7. The molecule has 0 heterocycles. The molecule has 1 unspecified atom stereocenters. The molecule has 0 radical (unpaired) electrons. The summed E-state index contributed by atoms with van der Waals surface area (Å²) in [6.07, 6.45) is 8.50. The molecule has 12 rings (SSSR count). The SMILES string of the molecule is C/C=C\C.C=CC=C.CC.CCC(C)c1ccccc1.Cc1ccccc1-c1cc(-c2ccc(-c3ccc(-c4ccc(N(C)c5ccc(-c6ccc(-c7ccc(-c8ccc(N(c9ccccc9)c9ccccc9)cc8)cc7)cc6)cc5)cc4)cc3)cc2)ccc1C. The molecule has 12 aromatic carbocycles. The van der Waals surface area contributed by atoms with Gasteiger partial charge >= 0.3 is 0 Å². The Bertz CT molecular complexity index is 4080. The third-order valence-electron chi connectivity index (χ3n) is 16.4. The summed E-state index contributed by atoms with van der Waals surface area (Å²) in [7, 11) is 2.13. The number of benzene rings is 12. The maximum absolute atomic E-state index is 3.36. The van der Waals surface area contributed by atoms with E-state index < -0.39 is 0 Å². The van der Waals surface area contributed by atoms with Crippen LogP contribution < -0.4 is 9.80 Å². The van der Waals surface area contributed by atoms with E-state index in [1.807, 2.05) is 39.8 Å². The molecule has 0 aliphatic carbocycles. The van der Waals surface area contributed by atoms with Gasteiger partial charge in [-0.3, -0.25) is 0 Å². The summed E-state index contributed by atoms with van der Waals surface area (Å²) < 4.78 is 0. The van der Waals surface area contributed by atoms with Crippen molar-refractivity contribution < 1.29 is 0 Å². The number of anilines is 5. The Labute approximate surface area is 545 Å². The van der Waals surface area contributed by atoms with Crippen molar-refractivity contribution in [3.05, 3.63) is 357 Å². The van der Waals surface area contributed by atoms with Crippen LogP contribution in [-0.4, -0.2) is 7.05 Å². The third kappa shape index (κ3) is 17.8. The van der Waals surface area contributed by atoms with E-state index in [1.165, 1.54) is 101 Å². The van der Waals surface area contributed by atoms with Crippen LogP contribution in [0.5, 0.6) is 0 Å². The molecule has 2 heteroatoms. The zero-order valence-corrected chi connectivity index (χ0v) is 54.8. The number of hydrogen-bond donors (Lipinski definition) is 0. The quantitative estimate of drug-likeness (QED) is 0.0746. The van der Waals surface area contributed by atoms with Gasteiger partial charge in [0.1, 0.15) is 0 Å². The second-order valence-electron chi connectivity index (χ2n) is 22.2. The maximum atomic E-state index is 3.36. The van der Waals surface area contributed by atoms with Crippen molar-refractivity contribution in [3.8, 4) is 77.9 Å². The van der Waals surface area contributed by atoms with Crippen molar-refractivity contribution in [1.82, 2.24) is 0 Å². The van der Waals surface area contributed by atoms with E-state index in [2.05, 4.69) is 361 Å². The summed E-state index contributed by atoms with van der Waals surface area (Å²) in [5, 5.41) is 0. The number of rotatable bonds is 15. The Morgan fingerprint density at radius 2 is 0.582 bits per heavy atom. The molecule has 0 saturated carbocycles. The van der Waals surface area contributed by atoms with Gasteiger partial charge in [-0.1, -0.05) is 302 Å². The van der Waals surface area contributed by atoms with Crippen molar-refractivity contribution in [1.29, 1.82) is 0 Å². The van der Waals surface area contributed by atoms with Gasteiger partial charge in [-0.15, -0.1) is 0 Å². The predicted octanol–water partition coefficient (Wildman–Crippen LogP) is 26.4. The molecule has 0 bridgehead atoms. The maximum Gasteiger partial charge on any atom is 0.0462 e. The van der Waals surface area contributed by atoms with Crippen LogP contribution in [0, 0.1) is 13.8 Å². The topological polar surface area (TPSA) is 6.48 Å². The van der Waals surface area contributed by atoms with E-state index >= 15 is 0 Å². The first-order chi connectivity index (χ1) is 44.6. The van der Waals surface area contributed by atoms with Crippen LogP contribution in [0.25, 0.3) is 77.9 Å². The molecule has 0 N–H and O–H groups in total. The highest BCUT2D eigenvalue weighted by molar-refractivity contribution is 5.82. The molecular weight excluding hydrogens is 1100 g/mol. The highest BCUT2D eigenvalue weighted by atomic mass is 15.1. The summed E-state index contributed by atoms with van der Waals surface area (Å²) in [4.78, 5) is 4.53. The molecule has 0 aromatic heterocycles. The predicted molar refractivity (Wildman–Crippen MR) is 401 cm³/mol. The van der Waals surface area contributed by atoms with Crippen LogP contribution in [0.15, 0.2) is 341 Å². The monoisotopic (exact) mass is 1180 g/mol. The minimum atomic E-state index is 0.709. The second kappa shape index (κ2) is 34.3. The Balaban J connectivity index is 0.000000463. The largest absolute Gasteiger partial charge is 0.345 e. The normalized spacial score (nSPS) is 10.7. The van der Waals surface area contributed by atoms with Crippen molar-refractivity contribution >= 4 is 28.4 Å². The van der Waals surface area contributed by atoms with Crippen LogP contribution >= 0.6 is 0 Å². The number of para-hydroxylation sites is 2. The standard InChI is InChI=1S/C69H54N2.C10H14.C4H8.C4H6.C2H6/c1-49-12-10-11-17-68(49)69-48-62(19-18-50(69)2)61-34-32-54(33-35-61)53-22-28-56(29-23-53)59-38-44-64(45-39-59)70(3)63-42-36-58(37-43-63)55-26-20-51(21-27-55)52-24-30-57(31-25-52)60-40-46-67(47-41-60)71(65-13-6-4-7-14-65)66-15-8-5-9-16-66;1-3-9(2)10-7-5-4-6-8-10;2*1-3-4-2;1-2/h4-48H,1-3H3;4-9H,3H2,1-2H3;3-4H,1-2H3;3-4H,1-2H2;1-2H3/b;;4-3-;;. The van der Waals surface area contributed by atoms with E-state index in [1.54, 1.807) is 12.2 Å². The lowest BCUT2D eigenvalue weighted by molar-refractivity contribution is 0.733. The van der Waals surface area contributed by atoms with Gasteiger partial charge in [0.05, 0.1) is 0 Å². The van der Waals surface area contributed by atoms with E-state index in [0.29, 0.717) is 5.92 Å². The zero-order valence-electron chi connectivity index (χ0n) is 54.8. The highest BCUT2D eigenvalue weighted by Gasteiger charge is 2.14. The molecular formula is C89H88N2. The van der Waals surface area contributed by atoms with Gasteiger partial charge in [0.15, 0.2) is 0 Å². The number of nitrogens with zero attached hydrogens (tertiary/aromatic N) is 2. The summed E-state index contributed by atoms with van der Waals surface area (Å²) >= 11 is 0. The number of aryl methyl sites for hydroxylation is 2. The molecule has 2 nitrogen and oxygen atoms in total. The van der Waals surface area contributed by atoms with Crippen molar-refractivity contribution in [2.45, 2.75) is 67.7 Å². The van der Waals surface area contributed by atoms with E-state index in [9.17, 15) is 0 Å². The lowest BCUT2D eigenvalue weighted by Gasteiger charge is -2.25. The van der Waals surface area contributed by atoms with Gasteiger partial charge in [-0.2, -0.15) is 0 Å². The average molecular weight is 1190 g/mol. The third-order valence-corrected chi connectivity index (χ3v) is 16.4. The Hall–Kier alpha value is -10.5. The van der Waals surface area contributed by atoms with Crippen LogP contribution in [0.2, 0.25) is 0 Å². The molecule has 1 atom stereocenters. The number of hydrogen-bond acceptors (Lipinski definition) is 2. The summed E-state index contributed by atoms with van der Waals surface area (Å²) in [6, 6.07) is 109. The smallest absolute Gasteiger partial charge is 0.0462 e. The van der Waals surface area contributed by atoms with Crippen LogP contribution in [0.4, 0.5) is 28.4 Å². The van der Waals surface area contributed by atoms with Crippen LogP contribution in [-0.2, 0) is 0 Å². The second-order valence-corrected chi connectivity index (χ2v) is 22.2. The van der Waals surface area contributed by atoms with Gasteiger partial charge in [0.2, 0.25) is 0 Å². The van der Waals surface area contributed by atoms with E-state index in [4.69, 9.17) is 0 Å². The van der Waals surface area contributed by atoms with Crippen molar-refractivity contribution in [2.24, 2.45) is 0 Å². The van der Waals surface area contributed by atoms with Crippen molar-refractivity contribution in [3.63, 3.8) is 0 Å². The lowest BCUT2D eigenvalue weighted by Crippen LogP contribution is -2.09. The van der Waals surface area contributed by atoms with Crippen molar-refractivity contribution in [2.75, 3.05) is 16.8 Å². The molecule has 0 fully saturated rings. The van der Waals surface area contributed by atoms with Crippen LogP contribution in [0.1, 0.15) is 70.6 Å². The Kier molecular flexibility index (Phi) is 25.0. The lowest BCUT2D eigenvalue weighted by atomic mass is 9.92. The van der Waals surface area contributed by atoms with Gasteiger partial charge in [0, 0.05) is 35.5 Å². The molecule has 0 aliphatic heterocycles. The first-order valence-electron chi connectivity index (χ1n) is 32.0. The fourth-order valence-electron chi connectivity index (χ4n) is 10.7. The molecule has 0 aliphatic rings. The Morgan fingerprint density at radius 3 is 0.901 bits per heavy atom. The minimum Gasteiger partial charge on any atom is -0.345 e. The molecule has 12 aromatic rings. The Morgan fingerprint density at radius 1 is 0.319 bits per heavy atom. The van der Waals surface area contributed by atoms with E-state index in [-0.39, 0.29) is 0 Å². The number of allylic oxidation sites excluding steroid dienone is 4. The molecule has 0 amide bonds. The van der Waals surface area contributed by atoms with Gasteiger partial charge in [-0.25, -0.2) is 0 Å². The summed E-state index contributed by atoms with van der Waals surface area (Å²) in [6.45, 7) is 23.6. The van der Waals surface area contributed by atoms with Gasteiger partial charge in [-0.05, 0) is 201 Å². The first kappa shape index (κ1) is 66.4. The van der Waals surface area contributed by atoms with Gasteiger partial charge in [0.25, 0.3) is 0 Å². The molecule has 0 spiro atoms. The molecule has 91 heavy (non-hydrogen) atoms. The van der Waals surface area contributed by atoms with Crippen LogP contribution in [0.3, 0.4) is 0 Å². The van der Waals surface area contributed by atoms with E-state index in [0.717, 1.165) is 28.4 Å². The molecule has 454 valence electrons. The zero-order chi connectivity index (χ0) is 64.3.